The molecule has 0 aliphatic carbocycles. The largest absolute Gasteiger partial charge is 0.224 e. The molecule has 0 spiro atoms. The standard InChI is InChI=1S/C11H12Cl2O2S/c1-2-3-4-7-16(14,15)11-8-9(12)5-6-10(11)13/h2,5-6,8H,1,3-4,7H2. The van der Waals surface area contributed by atoms with Gasteiger partial charge >= 0.3 is 0 Å². The fourth-order valence-corrected chi connectivity index (χ4v) is 3.39. The minimum absolute atomic E-state index is 0.0546. The van der Waals surface area contributed by atoms with Crippen molar-refractivity contribution < 1.29 is 8.42 Å². The molecule has 0 radical (unpaired) electrons. The van der Waals surface area contributed by atoms with Crippen LogP contribution in [0.3, 0.4) is 0 Å². The molecule has 0 heterocycles. The van der Waals surface area contributed by atoms with E-state index in [0.717, 1.165) is 0 Å². The average Bonchev–Trinajstić information content (AvgIpc) is 2.22. The first kappa shape index (κ1) is 13.6. The number of benzene rings is 1. The van der Waals surface area contributed by atoms with E-state index in [-0.39, 0.29) is 15.7 Å². The van der Waals surface area contributed by atoms with Crippen molar-refractivity contribution in [3.8, 4) is 0 Å². The van der Waals surface area contributed by atoms with Gasteiger partial charge in [-0.05, 0) is 31.0 Å². The molecule has 0 fully saturated rings. The monoisotopic (exact) mass is 278 g/mol. The summed E-state index contributed by atoms with van der Waals surface area (Å²) in [4.78, 5) is 0.103. The Hall–Kier alpha value is -0.510. The molecule has 0 saturated carbocycles. The molecule has 1 aromatic carbocycles. The molecule has 0 aromatic heterocycles. The van der Waals surface area contributed by atoms with Crippen LogP contribution in [-0.2, 0) is 9.84 Å². The number of hydrogen-bond donors (Lipinski definition) is 0. The third kappa shape index (κ3) is 3.51. The van der Waals surface area contributed by atoms with Crippen LogP contribution in [0.25, 0.3) is 0 Å². The fraction of sp³-hybridized carbons (Fsp3) is 0.273. The van der Waals surface area contributed by atoms with Gasteiger partial charge in [0.25, 0.3) is 0 Å². The van der Waals surface area contributed by atoms with Crippen LogP contribution in [0.4, 0.5) is 0 Å². The summed E-state index contributed by atoms with van der Waals surface area (Å²) in [6.45, 7) is 3.54. The Kier molecular flexibility index (Phi) is 4.84. The number of allylic oxidation sites excluding steroid dienone is 1. The molecule has 1 rings (SSSR count). The molecule has 88 valence electrons. The Morgan fingerprint density at radius 3 is 2.62 bits per heavy atom. The van der Waals surface area contributed by atoms with Crippen LogP contribution in [0, 0.1) is 0 Å². The van der Waals surface area contributed by atoms with Crippen molar-refractivity contribution in [3.05, 3.63) is 40.9 Å². The van der Waals surface area contributed by atoms with E-state index in [4.69, 9.17) is 23.2 Å². The molecule has 0 unspecified atom stereocenters. The Morgan fingerprint density at radius 2 is 2.00 bits per heavy atom. The van der Waals surface area contributed by atoms with E-state index in [1.54, 1.807) is 12.1 Å². The maximum Gasteiger partial charge on any atom is 0.179 e. The highest BCUT2D eigenvalue weighted by Gasteiger charge is 2.17. The smallest absolute Gasteiger partial charge is 0.179 e. The predicted molar refractivity (Wildman–Crippen MR) is 67.9 cm³/mol. The van der Waals surface area contributed by atoms with Gasteiger partial charge in [-0.25, -0.2) is 8.42 Å². The first-order chi connectivity index (χ1) is 7.47. The topological polar surface area (TPSA) is 34.1 Å². The van der Waals surface area contributed by atoms with Gasteiger partial charge in [0.05, 0.1) is 15.7 Å². The normalized spacial score (nSPS) is 11.4. The summed E-state index contributed by atoms with van der Waals surface area (Å²) in [7, 11) is -3.35. The highest BCUT2D eigenvalue weighted by Crippen LogP contribution is 2.26. The van der Waals surface area contributed by atoms with E-state index in [1.165, 1.54) is 12.1 Å². The maximum absolute atomic E-state index is 11.9. The van der Waals surface area contributed by atoms with Gasteiger partial charge in [0.1, 0.15) is 0 Å². The van der Waals surface area contributed by atoms with Gasteiger partial charge in [-0.1, -0.05) is 29.3 Å². The molecule has 0 saturated heterocycles. The minimum Gasteiger partial charge on any atom is -0.224 e. The van der Waals surface area contributed by atoms with Crippen molar-refractivity contribution in [3.63, 3.8) is 0 Å². The predicted octanol–water partition coefficient (Wildman–Crippen LogP) is 3.73. The van der Waals surface area contributed by atoms with Crippen LogP contribution in [-0.4, -0.2) is 14.2 Å². The van der Waals surface area contributed by atoms with E-state index >= 15 is 0 Å². The third-order valence-corrected chi connectivity index (χ3v) is 4.56. The minimum atomic E-state index is -3.35. The molecule has 5 heteroatoms. The summed E-state index contributed by atoms with van der Waals surface area (Å²) in [5, 5.41) is 0.578. The molecule has 0 amide bonds. The average molecular weight is 279 g/mol. The molecule has 2 nitrogen and oxygen atoms in total. The number of unbranched alkanes of at least 4 members (excludes halogenated alkanes) is 1. The lowest BCUT2D eigenvalue weighted by Gasteiger charge is -2.06. The highest BCUT2D eigenvalue weighted by atomic mass is 35.5. The van der Waals surface area contributed by atoms with Crippen LogP contribution in [0.1, 0.15) is 12.8 Å². The zero-order valence-corrected chi connectivity index (χ0v) is 10.9. The molecule has 0 aliphatic rings. The number of halogens is 2. The molecule has 1 aromatic rings. The summed E-state index contributed by atoms with van der Waals surface area (Å²) in [6.07, 6.45) is 2.89. The van der Waals surface area contributed by atoms with E-state index in [9.17, 15) is 8.42 Å². The van der Waals surface area contributed by atoms with Crippen molar-refractivity contribution >= 4 is 33.0 Å². The van der Waals surface area contributed by atoms with Gasteiger partial charge < -0.3 is 0 Å². The second kappa shape index (κ2) is 5.71. The number of hydrogen-bond acceptors (Lipinski definition) is 2. The Morgan fingerprint density at radius 1 is 1.31 bits per heavy atom. The van der Waals surface area contributed by atoms with E-state index < -0.39 is 9.84 Å². The van der Waals surface area contributed by atoms with Crippen LogP contribution < -0.4 is 0 Å². The van der Waals surface area contributed by atoms with Gasteiger partial charge in [0.15, 0.2) is 9.84 Å². The number of rotatable bonds is 5. The molecule has 0 atom stereocenters. The SMILES string of the molecule is C=CCCCS(=O)(=O)c1cc(Cl)ccc1Cl. The summed E-state index contributed by atoms with van der Waals surface area (Å²) >= 11 is 11.6. The summed E-state index contributed by atoms with van der Waals surface area (Å²) in [5.74, 6) is 0.0546. The molecule has 16 heavy (non-hydrogen) atoms. The summed E-state index contributed by atoms with van der Waals surface area (Å²) in [5.41, 5.74) is 0. The van der Waals surface area contributed by atoms with Crippen molar-refractivity contribution in [2.24, 2.45) is 0 Å². The van der Waals surface area contributed by atoms with Gasteiger partial charge in [-0.3, -0.25) is 0 Å². The van der Waals surface area contributed by atoms with Gasteiger partial charge in [0, 0.05) is 5.02 Å². The molecule has 0 N–H and O–H groups in total. The van der Waals surface area contributed by atoms with Crippen LogP contribution in [0.2, 0.25) is 10.0 Å². The van der Waals surface area contributed by atoms with Crippen molar-refractivity contribution in [1.29, 1.82) is 0 Å². The van der Waals surface area contributed by atoms with Crippen LogP contribution in [0.15, 0.2) is 35.7 Å². The third-order valence-electron chi connectivity index (χ3n) is 2.05. The molecule has 0 bridgehead atoms. The highest BCUT2D eigenvalue weighted by molar-refractivity contribution is 7.91. The second-order valence-electron chi connectivity index (χ2n) is 3.32. The van der Waals surface area contributed by atoms with E-state index in [0.29, 0.717) is 17.9 Å². The van der Waals surface area contributed by atoms with Crippen LogP contribution in [0.5, 0.6) is 0 Å². The lowest BCUT2D eigenvalue weighted by atomic mass is 10.3. The van der Waals surface area contributed by atoms with E-state index in [1.807, 2.05) is 0 Å². The van der Waals surface area contributed by atoms with Gasteiger partial charge in [0.2, 0.25) is 0 Å². The first-order valence-corrected chi connectivity index (χ1v) is 7.17. The van der Waals surface area contributed by atoms with Crippen LogP contribution >= 0.6 is 23.2 Å². The van der Waals surface area contributed by atoms with Gasteiger partial charge in [-0.15, -0.1) is 6.58 Å². The molecular weight excluding hydrogens is 267 g/mol. The zero-order valence-electron chi connectivity index (χ0n) is 8.62. The quantitative estimate of drug-likeness (QED) is 0.608. The maximum atomic E-state index is 11.9. The Balaban J connectivity index is 2.97. The fourth-order valence-electron chi connectivity index (χ4n) is 1.24. The summed E-state index contributed by atoms with van der Waals surface area (Å²) in [6, 6.07) is 4.43. The number of sulfone groups is 1. The first-order valence-electron chi connectivity index (χ1n) is 4.76. The van der Waals surface area contributed by atoms with Crippen molar-refractivity contribution in [1.82, 2.24) is 0 Å². The summed E-state index contributed by atoms with van der Waals surface area (Å²) < 4.78 is 23.8. The van der Waals surface area contributed by atoms with Crippen molar-refractivity contribution in [2.75, 3.05) is 5.75 Å². The lowest BCUT2D eigenvalue weighted by Crippen LogP contribution is -2.07. The van der Waals surface area contributed by atoms with Crippen molar-refractivity contribution in [2.45, 2.75) is 17.7 Å². The Labute approximate surface area is 106 Å². The molecule has 0 aliphatic heterocycles. The second-order valence-corrected chi connectivity index (χ2v) is 6.25. The lowest BCUT2D eigenvalue weighted by molar-refractivity contribution is 0.593. The van der Waals surface area contributed by atoms with E-state index in [2.05, 4.69) is 6.58 Å². The zero-order chi connectivity index (χ0) is 12.2. The Bertz CT molecular complexity index is 481. The molecular formula is C11H12Cl2O2S. The van der Waals surface area contributed by atoms with Gasteiger partial charge in [-0.2, -0.15) is 0 Å².